The Morgan fingerprint density at radius 2 is 2.18 bits per heavy atom. The lowest BCUT2D eigenvalue weighted by molar-refractivity contribution is -0.126. The first kappa shape index (κ1) is 16.8. The SMILES string of the molecule is CNC(=O)CN1CCCC(COc2ccccc2C)(OC)C1. The van der Waals surface area contributed by atoms with Crippen molar-refractivity contribution in [3.63, 3.8) is 0 Å². The summed E-state index contributed by atoms with van der Waals surface area (Å²) in [5.74, 6) is 0.925. The van der Waals surface area contributed by atoms with Gasteiger partial charge < -0.3 is 14.8 Å². The molecule has 1 amide bonds. The largest absolute Gasteiger partial charge is 0.490 e. The summed E-state index contributed by atoms with van der Waals surface area (Å²) < 4.78 is 11.8. The summed E-state index contributed by atoms with van der Waals surface area (Å²) >= 11 is 0. The average Bonchev–Trinajstić information content (AvgIpc) is 2.54. The molecule has 1 saturated heterocycles. The highest BCUT2D eigenvalue weighted by Crippen LogP contribution is 2.27. The van der Waals surface area contributed by atoms with E-state index in [0.29, 0.717) is 19.7 Å². The lowest BCUT2D eigenvalue weighted by atomic mass is 9.93. The van der Waals surface area contributed by atoms with E-state index in [-0.39, 0.29) is 11.5 Å². The zero-order valence-corrected chi connectivity index (χ0v) is 13.7. The van der Waals surface area contributed by atoms with Gasteiger partial charge in [0.15, 0.2) is 0 Å². The smallest absolute Gasteiger partial charge is 0.233 e. The second kappa shape index (κ2) is 7.61. The van der Waals surface area contributed by atoms with Crippen LogP contribution in [0.3, 0.4) is 0 Å². The maximum absolute atomic E-state index is 11.6. The molecule has 1 N–H and O–H groups in total. The number of benzene rings is 1. The second-order valence-electron chi connectivity index (χ2n) is 5.93. The van der Waals surface area contributed by atoms with Gasteiger partial charge in [0.1, 0.15) is 18.0 Å². The van der Waals surface area contributed by atoms with Gasteiger partial charge in [0.05, 0.1) is 6.54 Å². The number of likely N-dealkylation sites (tertiary alicyclic amines) is 1. The van der Waals surface area contributed by atoms with Crippen molar-refractivity contribution >= 4 is 5.91 Å². The molecule has 0 spiro atoms. The highest BCUT2D eigenvalue weighted by Gasteiger charge is 2.37. The van der Waals surface area contributed by atoms with Gasteiger partial charge in [-0.15, -0.1) is 0 Å². The van der Waals surface area contributed by atoms with E-state index in [1.165, 1.54) is 0 Å². The topological polar surface area (TPSA) is 50.8 Å². The van der Waals surface area contributed by atoms with E-state index in [2.05, 4.69) is 10.2 Å². The zero-order chi connectivity index (χ0) is 16.0. The summed E-state index contributed by atoms with van der Waals surface area (Å²) in [5, 5.41) is 2.67. The van der Waals surface area contributed by atoms with Gasteiger partial charge in [-0.1, -0.05) is 18.2 Å². The Morgan fingerprint density at radius 1 is 1.41 bits per heavy atom. The average molecular weight is 306 g/mol. The number of carbonyl (C=O) groups excluding carboxylic acids is 1. The van der Waals surface area contributed by atoms with Crippen LogP contribution in [-0.2, 0) is 9.53 Å². The summed E-state index contributed by atoms with van der Waals surface area (Å²) in [6.45, 7) is 4.57. The maximum Gasteiger partial charge on any atom is 0.233 e. The van der Waals surface area contributed by atoms with Crippen LogP contribution in [0.2, 0.25) is 0 Å². The van der Waals surface area contributed by atoms with Gasteiger partial charge in [-0.3, -0.25) is 9.69 Å². The number of carbonyl (C=O) groups is 1. The summed E-state index contributed by atoms with van der Waals surface area (Å²) in [6.07, 6.45) is 1.95. The molecule has 0 aliphatic carbocycles. The van der Waals surface area contributed by atoms with Crippen LogP contribution in [0.1, 0.15) is 18.4 Å². The molecular weight excluding hydrogens is 280 g/mol. The van der Waals surface area contributed by atoms with Gasteiger partial charge >= 0.3 is 0 Å². The van der Waals surface area contributed by atoms with Gasteiger partial charge in [0.25, 0.3) is 0 Å². The third kappa shape index (κ3) is 4.21. The summed E-state index contributed by atoms with van der Waals surface area (Å²) in [5.41, 5.74) is 0.765. The number of piperidine rings is 1. The molecule has 1 unspecified atom stereocenters. The Hall–Kier alpha value is -1.59. The fraction of sp³-hybridized carbons (Fsp3) is 0.588. The van der Waals surface area contributed by atoms with E-state index in [9.17, 15) is 4.79 Å². The molecule has 0 aromatic heterocycles. The monoisotopic (exact) mass is 306 g/mol. The lowest BCUT2D eigenvalue weighted by Gasteiger charge is -2.41. The Morgan fingerprint density at radius 3 is 2.86 bits per heavy atom. The van der Waals surface area contributed by atoms with Crippen LogP contribution in [-0.4, -0.2) is 56.8 Å². The molecule has 5 heteroatoms. The Labute approximate surface area is 132 Å². The molecule has 0 radical (unpaired) electrons. The van der Waals surface area contributed by atoms with Crippen molar-refractivity contribution in [2.45, 2.75) is 25.4 Å². The Kier molecular flexibility index (Phi) is 5.80. The predicted octanol–water partition coefficient (Wildman–Crippen LogP) is 1.60. The summed E-state index contributed by atoms with van der Waals surface area (Å²) in [7, 11) is 3.39. The van der Waals surface area contributed by atoms with Crippen LogP contribution in [0.5, 0.6) is 5.75 Å². The molecule has 22 heavy (non-hydrogen) atoms. The highest BCUT2D eigenvalue weighted by atomic mass is 16.5. The fourth-order valence-electron chi connectivity index (χ4n) is 2.88. The first-order valence-corrected chi connectivity index (χ1v) is 7.75. The third-order valence-electron chi connectivity index (χ3n) is 4.28. The van der Waals surface area contributed by atoms with Gasteiger partial charge in [0.2, 0.25) is 5.91 Å². The number of para-hydroxylation sites is 1. The number of aryl methyl sites for hydroxylation is 1. The van der Waals surface area contributed by atoms with E-state index in [1.807, 2.05) is 31.2 Å². The van der Waals surface area contributed by atoms with Crippen LogP contribution in [0.15, 0.2) is 24.3 Å². The van der Waals surface area contributed by atoms with Crippen LogP contribution in [0.25, 0.3) is 0 Å². The van der Waals surface area contributed by atoms with E-state index >= 15 is 0 Å². The number of rotatable bonds is 6. The van der Waals surface area contributed by atoms with Gasteiger partial charge in [-0.2, -0.15) is 0 Å². The zero-order valence-electron chi connectivity index (χ0n) is 13.7. The molecule has 1 aromatic rings. The van der Waals surface area contributed by atoms with Crippen molar-refractivity contribution in [1.29, 1.82) is 0 Å². The van der Waals surface area contributed by atoms with Crippen LogP contribution in [0.4, 0.5) is 0 Å². The molecule has 2 rings (SSSR count). The standard InChI is InChI=1S/C17H26N2O3/c1-14-7-4-5-8-15(14)22-13-17(21-3)9-6-10-19(12-17)11-16(20)18-2/h4-5,7-8H,6,9-13H2,1-3H3,(H,18,20). The van der Waals surface area contributed by atoms with Gasteiger partial charge in [-0.05, 0) is 37.9 Å². The molecule has 1 atom stereocenters. The van der Waals surface area contributed by atoms with Crippen LogP contribution >= 0.6 is 0 Å². The first-order valence-electron chi connectivity index (χ1n) is 7.75. The molecule has 1 aromatic carbocycles. The maximum atomic E-state index is 11.6. The van der Waals surface area contributed by atoms with Crippen molar-refractivity contribution in [2.75, 3.05) is 40.4 Å². The van der Waals surface area contributed by atoms with Crippen molar-refractivity contribution in [2.24, 2.45) is 0 Å². The number of nitrogens with zero attached hydrogens (tertiary/aromatic N) is 1. The molecule has 1 fully saturated rings. The minimum Gasteiger partial charge on any atom is -0.490 e. The number of nitrogens with one attached hydrogen (secondary N) is 1. The summed E-state index contributed by atoms with van der Waals surface area (Å²) in [6, 6.07) is 7.98. The second-order valence-corrected chi connectivity index (χ2v) is 5.93. The first-order chi connectivity index (χ1) is 10.6. The van der Waals surface area contributed by atoms with Crippen molar-refractivity contribution in [1.82, 2.24) is 10.2 Å². The molecule has 0 bridgehead atoms. The van der Waals surface area contributed by atoms with Crippen LogP contribution < -0.4 is 10.1 Å². The van der Waals surface area contributed by atoms with E-state index < -0.39 is 0 Å². The Bertz CT molecular complexity index is 506. The van der Waals surface area contributed by atoms with Gasteiger partial charge in [0, 0.05) is 20.7 Å². The number of hydrogen-bond acceptors (Lipinski definition) is 4. The quantitative estimate of drug-likeness (QED) is 0.867. The normalized spacial score (nSPS) is 22.3. The number of hydrogen-bond donors (Lipinski definition) is 1. The third-order valence-corrected chi connectivity index (χ3v) is 4.28. The number of ether oxygens (including phenoxy) is 2. The Balaban J connectivity index is 1.99. The van der Waals surface area contributed by atoms with Gasteiger partial charge in [-0.25, -0.2) is 0 Å². The van der Waals surface area contributed by atoms with E-state index in [4.69, 9.17) is 9.47 Å². The number of methoxy groups -OCH3 is 1. The summed E-state index contributed by atoms with van der Waals surface area (Å²) in [4.78, 5) is 13.7. The minimum atomic E-state index is -0.353. The minimum absolute atomic E-state index is 0.0340. The van der Waals surface area contributed by atoms with E-state index in [1.54, 1.807) is 14.2 Å². The van der Waals surface area contributed by atoms with Crippen molar-refractivity contribution < 1.29 is 14.3 Å². The fourth-order valence-corrected chi connectivity index (χ4v) is 2.88. The molecule has 1 heterocycles. The molecular formula is C17H26N2O3. The molecule has 5 nitrogen and oxygen atoms in total. The van der Waals surface area contributed by atoms with Crippen LogP contribution in [0, 0.1) is 6.92 Å². The highest BCUT2D eigenvalue weighted by molar-refractivity contribution is 5.77. The number of amides is 1. The number of likely N-dealkylation sites (N-methyl/N-ethyl adjacent to an activating group) is 1. The van der Waals surface area contributed by atoms with Crippen molar-refractivity contribution in [3.05, 3.63) is 29.8 Å². The van der Waals surface area contributed by atoms with E-state index in [0.717, 1.165) is 30.7 Å². The molecule has 0 saturated carbocycles. The molecule has 1 aliphatic rings. The lowest BCUT2D eigenvalue weighted by Crippen LogP contribution is -2.54. The molecule has 1 aliphatic heterocycles. The van der Waals surface area contributed by atoms with Crippen molar-refractivity contribution in [3.8, 4) is 5.75 Å². The molecule has 122 valence electrons. The predicted molar refractivity (Wildman–Crippen MR) is 86.2 cm³/mol.